The van der Waals surface area contributed by atoms with Gasteiger partial charge in [0.25, 0.3) is 0 Å². The molecule has 1 aliphatic rings. The van der Waals surface area contributed by atoms with Crippen molar-refractivity contribution in [1.82, 2.24) is 10.2 Å². The molecule has 1 aromatic rings. The predicted molar refractivity (Wildman–Crippen MR) is 98.8 cm³/mol. The van der Waals surface area contributed by atoms with Crippen LogP contribution in [0.25, 0.3) is 6.08 Å². The molecule has 1 amide bonds. The van der Waals surface area contributed by atoms with Gasteiger partial charge >= 0.3 is 0 Å². The first-order valence-corrected chi connectivity index (χ1v) is 8.79. The Hall–Kier alpha value is -1.65. The van der Waals surface area contributed by atoms with E-state index in [0.717, 1.165) is 32.5 Å². The molecule has 0 saturated carbocycles. The average molecular weight is 330 g/mol. The number of benzene rings is 1. The zero-order chi connectivity index (χ0) is 17.4. The molecular formula is C20H30N2O2. The summed E-state index contributed by atoms with van der Waals surface area (Å²) in [5.41, 5.74) is 0.973. The Balaban J connectivity index is 1.91. The molecule has 4 nitrogen and oxygen atoms in total. The molecule has 1 N–H and O–H groups in total. The molecule has 0 aliphatic carbocycles. The molecule has 0 spiro atoms. The summed E-state index contributed by atoms with van der Waals surface area (Å²) in [6.45, 7) is 8.80. The lowest BCUT2D eigenvalue weighted by Crippen LogP contribution is -2.47. The van der Waals surface area contributed by atoms with Gasteiger partial charge in [0, 0.05) is 25.2 Å². The topological polar surface area (TPSA) is 41.6 Å². The molecule has 1 fully saturated rings. The van der Waals surface area contributed by atoms with E-state index in [0.29, 0.717) is 6.54 Å². The van der Waals surface area contributed by atoms with E-state index in [1.165, 1.54) is 5.56 Å². The molecule has 1 aromatic carbocycles. The second-order valence-corrected chi connectivity index (χ2v) is 7.44. The molecule has 0 aromatic heterocycles. The first-order chi connectivity index (χ1) is 11.4. The molecule has 0 unspecified atom stereocenters. The van der Waals surface area contributed by atoms with Gasteiger partial charge < -0.3 is 10.1 Å². The molecule has 132 valence electrons. The fourth-order valence-electron chi connectivity index (χ4n) is 2.84. The number of ether oxygens (including phenoxy) is 1. The molecule has 1 aliphatic heterocycles. The van der Waals surface area contributed by atoms with Crippen LogP contribution in [0.2, 0.25) is 0 Å². The van der Waals surface area contributed by atoms with Crippen molar-refractivity contribution in [2.75, 3.05) is 26.2 Å². The largest absolute Gasteiger partial charge is 0.377 e. The maximum absolute atomic E-state index is 12.3. The molecule has 4 heteroatoms. The van der Waals surface area contributed by atoms with Crippen molar-refractivity contribution in [2.45, 2.75) is 45.3 Å². The highest BCUT2D eigenvalue weighted by atomic mass is 16.5. The van der Waals surface area contributed by atoms with E-state index in [-0.39, 0.29) is 17.6 Å². The summed E-state index contributed by atoms with van der Waals surface area (Å²) >= 11 is 0. The number of hydrogen-bond donors (Lipinski definition) is 1. The maximum Gasteiger partial charge on any atom is 0.234 e. The third-order valence-electron chi connectivity index (χ3n) is 3.84. The van der Waals surface area contributed by atoms with Crippen molar-refractivity contribution in [2.24, 2.45) is 0 Å². The summed E-state index contributed by atoms with van der Waals surface area (Å²) in [6, 6.07) is 10.2. The summed E-state index contributed by atoms with van der Waals surface area (Å²) in [4.78, 5) is 14.4. The Morgan fingerprint density at radius 2 is 2.08 bits per heavy atom. The third-order valence-corrected chi connectivity index (χ3v) is 3.84. The molecule has 0 bridgehead atoms. The van der Waals surface area contributed by atoms with Crippen molar-refractivity contribution in [3.63, 3.8) is 0 Å². The van der Waals surface area contributed by atoms with Crippen molar-refractivity contribution < 1.29 is 9.53 Å². The number of carbonyl (C=O) groups excluding carboxylic acids is 1. The molecule has 1 saturated heterocycles. The first-order valence-electron chi connectivity index (χ1n) is 8.79. The quantitative estimate of drug-likeness (QED) is 0.835. The van der Waals surface area contributed by atoms with Crippen LogP contribution in [-0.2, 0) is 9.53 Å². The predicted octanol–water partition coefficient (Wildman–Crippen LogP) is 3.10. The van der Waals surface area contributed by atoms with Gasteiger partial charge in [0.05, 0.1) is 12.6 Å². The van der Waals surface area contributed by atoms with Crippen LogP contribution in [0.4, 0.5) is 0 Å². The van der Waals surface area contributed by atoms with Gasteiger partial charge in [-0.05, 0) is 39.2 Å². The number of hydrogen-bond acceptors (Lipinski definition) is 3. The number of nitrogens with zero attached hydrogens (tertiary/aromatic N) is 1. The summed E-state index contributed by atoms with van der Waals surface area (Å²) in [5.74, 6) is 0.0635. The van der Waals surface area contributed by atoms with Gasteiger partial charge in [-0.3, -0.25) is 9.69 Å². The molecule has 1 atom stereocenters. The summed E-state index contributed by atoms with van der Waals surface area (Å²) in [7, 11) is 0. The Morgan fingerprint density at radius 1 is 1.33 bits per heavy atom. The van der Waals surface area contributed by atoms with Gasteiger partial charge in [-0.15, -0.1) is 0 Å². The lowest BCUT2D eigenvalue weighted by molar-refractivity contribution is -0.123. The van der Waals surface area contributed by atoms with E-state index in [2.05, 4.69) is 34.5 Å². The standard InChI is InChI=1S/C20H30N2O2/c1-20(2,3)21-19(23)16-22(15-18-12-8-14-24-18)13-7-11-17-9-5-4-6-10-17/h4-7,9-11,18H,8,12-16H2,1-3H3,(H,21,23)/b11-7+/t18-/m1/s1. The van der Waals surface area contributed by atoms with E-state index in [1.54, 1.807) is 0 Å². The molecule has 1 heterocycles. The van der Waals surface area contributed by atoms with E-state index in [9.17, 15) is 4.79 Å². The van der Waals surface area contributed by atoms with Crippen LogP contribution in [0, 0.1) is 0 Å². The summed E-state index contributed by atoms with van der Waals surface area (Å²) in [6.07, 6.45) is 6.67. The Bertz CT molecular complexity index is 528. The van der Waals surface area contributed by atoms with Crippen molar-refractivity contribution in [3.05, 3.63) is 42.0 Å². The Kier molecular flexibility index (Phi) is 7.00. The molecule has 2 rings (SSSR count). The molecular weight excluding hydrogens is 300 g/mol. The lowest BCUT2D eigenvalue weighted by atomic mass is 10.1. The van der Waals surface area contributed by atoms with Crippen LogP contribution < -0.4 is 5.32 Å². The highest BCUT2D eigenvalue weighted by molar-refractivity contribution is 5.78. The second kappa shape index (κ2) is 9.00. The first kappa shape index (κ1) is 18.7. The van der Waals surface area contributed by atoms with Gasteiger partial charge in [-0.25, -0.2) is 0 Å². The van der Waals surface area contributed by atoms with Gasteiger partial charge in [-0.1, -0.05) is 42.5 Å². The van der Waals surface area contributed by atoms with Crippen LogP contribution in [0.5, 0.6) is 0 Å². The van der Waals surface area contributed by atoms with Gasteiger partial charge in [-0.2, -0.15) is 0 Å². The van der Waals surface area contributed by atoms with E-state index in [1.807, 2.05) is 39.0 Å². The Labute approximate surface area is 145 Å². The van der Waals surface area contributed by atoms with E-state index in [4.69, 9.17) is 4.74 Å². The molecule has 0 radical (unpaired) electrons. The van der Waals surface area contributed by atoms with Gasteiger partial charge in [0.1, 0.15) is 0 Å². The number of rotatable bonds is 7. The minimum absolute atomic E-state index is 0.0635. The minimum atomic E-state index is -0.202. The second-order valence-electron chi connectivity index (χ2n) is 7.44. The zero-order valence-electron chi connectivity index (χ0n) is 15.1. The normalized spacial score (nSPS) is 18.4. The van der Waals surface area contributed by atoms with Gasteiger partial charge in [0.2, 0.25) is 5.91 Å². The summed E-state index contributed by atoms with van der Waals surface area (Å²) in [5, 5.41) is 3.04. The Morgan fingerprint density at radius 3 is 2.71 bits per heavy atom. The fourth-order valence-corrected chi connectivity index (χ4v) is 2.84. The number of nitrogens with one attached hydrogen (secondary N) is 1. The van der Waals surface area contributed by atoms with Crippen LogP contribution in [0.15, 0.2) is 36.4 Å². The van der Waals surface area contributed by atoms with E-state index < -0.39 is 0 Å². The highest BCUT2D eigenvalue weighted by Crippen LogP contribution is 2.13. The van der Waals surface area contributed by atoms with Crippen LogP contribution in [-0.4, -0.2) is 48.7 Å². The van der Waals surface area contributed by atoms with E-state index >= 15 is 0 Å². The molecule has 24 heavy (non-hydrogen) atoms. The van der Waals surface area contributed by atoms with Gasteiger partial charge in [0.15, 0.2) is 0 Å². The number of carbonyl (C=O) groups is 1. The fraction of sp³-hybridized carbons (Fsp3) is 0.550. The SMILES string of the molecule is CC(C)(C)NC(=O)CN(C/C=C/c1ccccc1)C[C@H]1CCCO1. The third kappa shape index (κ3) is 7.28. The monoisotopic (exact) mass is 330 g/mol. The van der Waals surface area contributed by atoms with Crippen molar-refractivity contribution >= 4 is 12.0 Å². The highest BCUT2D eigenvalue weighted by Gasteiger charge is 2.21. The zero-order valence-corrected chi connectivity index (χ0v) is 15.1. The average Bonchev–Trinajstić information content (AvgIpc) is 2.99. The van der Waals surface area contributed by atoms with Crippen LogP contribution in [0.1, 0.15) is 39.2 Å². The van der Waals surface area contributed by atoms with Crippen molar-refractivity contribution in [3.8, 4) is 0 Å². The van der Waals surface area contributed by atoms with Crippen LogP contribution in [0.3, 0.4) is 0 Å². The minimum Gasteiger partial charge on any atom is -0.377 e. The number of amides is 1. The maximum atomic E-state index is 12.3. The lowest BCUT2D eigenvalue weighted by Gasteiger charge is -2.26. The smallest absolute Gasteiger partial charge is 0.234 e. The van der Waals surface area contributed by atoms with Crippen molar-refractivity contribution in [1.29, 1.82) is 0 Å². The summed E-state index contributed by atoms with van der Waals surface area (Å²) < 4.78 is 5.73. The van der Waals surface area contributed by atoms with Crippen LogP contribution >= 0.6 is 0 Å².